The first-order valence-corrected chi connectivity index (χ1v) is 11.0. The highest BCUT2D eigenvalue weighted by Gasteiger charge is 2.43. The quantitative estimate of drug-likeness (QED) is 0.633. The first-order chi connectivity index (χ1) is 14.8. The van der Waals surface area contributed by atoms with Crippen molar-refractivity contribution in [3.63, 3.8) is 0 Å². The molecule has 2 fully saturated rings. The fourth-order valence-corrected chi connectivity index (χ4v) is 5.16. The number of alkyl halides is 3. The van der Waals surface area contributed by atoms with Gasteiger partial charge in [0, 0.05) is 36.9 Å². The number of ether oxygens (including phenoxy) is 1. The molecule has 0 radical (unpaired) electrons. The molecule has 2 bridgehead atoms. The van der Waals surface area contributed by atoms with E-state index in [1.807, 2.05) is 6.92 Å². The predicted molar refractivity (Wildman–Crippen MR) is 110 cm³/mol. The van der Waals surface area contributed by atoms with Crippen LogP contribution in [0.15, 0.2) is 18.3 Å². The van der Waals surface area contributed by atoms with E-state index in [0.717, 1.165) is 43.8 Å². The van der Waals surface area contributed by atoms with E-state index in [9.17, 15) is 13.2 Å². The first-order valence-electron chi connectivity index (χ1n) is 10.2. The zero-order valence-corrected chi connectivity index (χ0v) is 17.8. The molecular formula is C19H22F3N7OS. The lowest BCUT2D eigenvalue weighted by atomic mass is 9.92. The number of halogens is 3. The number of aryl methyl sites for hydroxylation is 1. The molecule has 0 aromatic carbocycles. The minimum atomic E-state index is -4.45. The molecule has 5 rings (SSSR count). The summed E-state index contributed by atoms with van der Waals surface area (Å²) >= 11 is 1.43. The van der Waals surface area contributed by atoms with Crippen molar-refractivity contribution in [3.8, 4) is 5.75 Å². The zero-order valence-electron chi connectivity index (χ0n) is 17.0. The molecular weight excluding hydrogens is 431 g/mol. The summed E-state index contributed by atoms with van der Waals surface area (Å²) in [7, 11) is 0. The van der Waals surface area contributed by atoms with E-state index < -0.39 is 12.3 Å². The SMILES string of the molecule is Cc1nsc(N2C[C@@H]3CC[C@@H](C2)C3Nc2nc3c(O[C@H](C)C(F)(F)F)cccn3n2)n1. The van der Waals surface area contributed by atoms with Crippen molar-refractivity contribution < 1.29 is 17.9 Å². The second-order valence-corrected chi connectivity index (χ2v) is 8.90. The van der Waals surface area contributed by atoms with E-state index in [0.29, 0.717) is 17.8 Å². The van der Waals surface area contributed by atoms with Crippen molar-refractivity contribution in [2.45, 2.75) is 45.0 Å². The molecule has 1 saturated heterocycles. The van der Waals surface area contributed by atoms with Gasteiger partial charge in [0.15, 0.2) is 17.5 Å². The third-order valence-corrected chi connectivity index (χ3v) is 6.88. The number of anilines is 2. The fourth-order valence-electron chi connectivity index (χ4n) is 4.47. The standard InChI is InChI=1S/C19H22F3N7OS/c1-10(19(20,21)22)30-14-4-3-7-29-16(14)25-17(26-29)24-15-12-5-6-13(15)9-28(8-12)18-23-11(2)27-31-18/h3-4,7,10,12-13,15H,5-6,8-9H2,1-2H3,(H,24,26)/t10-,12+,13+/m1/s1. The van der Waals surface area contributed by atoms with E-state index in [-0.39, 0.29) is 17.4 Å². The topological polar surface area (TPSA) is 80.5 Å². The molecule has 3 aromatic rings. The number of hydrogen-bond donors (Lipinski definition) is 1. The monoisotopic (exact) mass is 453 g/mol. The van der Waals surface area contributed by atoms with E-state index in [2.05, 4.69) is 29.7 Å². The van der Waals surface area contributed by atoms with Gasteiger partial charge in [-0.05, 0) is 50.7 Å². The molecule has 8 nitrogen and oxygen atoms in total. The molecule has 2 aliphatic rings. The Morgan fingerprint density at radius 3 is 2.61 bits per heavy atom. The largest absolute Gasteiger partial charge is 0.477 e. The van der Waals surface area contributed by atoms with E-state index >= 15 is 0 Å². The molecule has 0 unspecified atom stereocenters. The molecule has 31 heavy (non-hydrogen) atoms. The molecule has 0 spiro atoms. The van der Waals surface area contributed by atoms with Crippen molar-refractivity contribution in [1.82, 2.24) is 24.0 Å². The molecule has 1 aliphatic carbocycles. The molecule has 1 aliphatic heterocycles. The summed E-state index contributed by atoms with van der Waals surface area (Å²) in [6, 6.07) is 3.28. The van der Waals surface area contributed by atoms with Crippen molar-refractivity contribution in [2.75, 3.05) is 23.3 Å². The van der Waals surface area contributed by atoms with Crippen molar-refractivity contribution in [3.05, 3.63) is 24.2 Å². The van der Waals surface area contributed by atoms with Crippen LogP contribution in [-0.2, 0) is 0 Å². The lowest BCUT2D eigenvalue weighted by Gasteiger charge is -2.37. The van der Waals surface area contributed by atoms with Crippen LogP contribution in [0.3, 0.4) is 0 Å². The van der Waals surface area contributed by atoms with Crippen LogP contribution >= 0.6 is 11.5 Å². The number of fused-ring (bicyclic) bond motifs is 3. The van der Waals surface area contributed by atoms with Gasteiger partial charge < -0.3 is 15.0 Å². The third-order valence-electron chi connectivity index (χ3n) is 6.01. The zero-order chi connectivity index (χ0) is 21.8. The summed E-state index contributed by atoms with van der Waals surface area (Å²) in [4.78, 5) is 11.2. The predicted octanol–water partition coefficient (Wildman–Crippen LogP) is 3.55. The van der Waals surface area contributed by atoms with Gasteiger partial charge >= 0.3 is 6.18 Å². The van der Waals surface area contributed by atoms with Gasteiger partial charge in [-0.15, -0.1) is 5.10 Å². The van der Waals surface area contributed by atoms with Crippen LogP contribution in [0.1, 0.15) is 25.6 Å². The summed E-state index contributed by atoms with van der Waals surface area (Å²) in [5, 5.41) is 8.81. The van der Waals surface area contributed by atoms with Crippen LogP contribution in [0.5, 0.6) is 5.75 Å². The Labute approximate surface area is 180 Å². The maximum Gasteiger partial charge on any atom is 0.425 e. The van der Waals surface area contributed by atoms with Crippen molar-refractivity contribution in [1.29, 1.82) is 0 Å². The fraction of sp³-hybridized carbons (Fsp3) is 0.579. The Bertz CT molecular complexity index is 1070. The van der Waals surface area contributed by atoms with Crippen LogP contribution in [0.25, 0.3) is 5.65 Å². The normalized spacial score (nSPS) is 24.5. The summed E-state index contributed by atoms with van der Waals surface area (Å²) < 4.78 is 49.6. The molecule has 12 heteroatoms. The molecule has 3 atom stereocenters. The van der Waals surface area contributed by atoms with Crippen molar-refractivity contribution in [2.24, 2.45) is 11.8 Å². The van der Waals surface area contributed by atoms with Gasteiger partial charge in [-0.1, -0.05) is 0 Å². The molecule has 1 N–H and O–H groups in total. The molecule has 166 valence electrons. The van der Waals surface area contributed by atoms with Crippen LogP contribution in [-0.4, -0.2) is 55.4 Å². The van der Waals surface area contributed by atoms with Crippen molar-refractivity contribution >= 4 is 28.3 Å². The number of hydrogen-bond acceptors (Lipinski definition) is 8. The number of piperidine rings is 1. The number of pyridine rings is 1. The smallest absolute Gasteiger partial charge is 0.425 e. The van der Waals surface area contributed by atoms with Crippen LogP contribution in [0.4, 0.5) is 24.3 Å². The number of nitrogens with one attached hydrogen (secondary N) is 1. The van der Waals surface area contributed by atoms with Gasteiger partial charge in [0.25, 0.3) is 0 Å². The van der Waals surface area contributed by atoms with Gasteiger partial charge in [0.1, 0.15) is 5.82 Å². The lowest BCUT2D eigenvalue weighted by molar-refractivity contribution is -0.189. The summed E-state index contributed by atoms with van der Waals surface area (Å²) in [6.45, 7) is 4.64. The van der Waals surface area contributed by atoms with Crippen LogP contribution in [0, 0.1) is 18.8 Å². The van der Waals surface area contributed by atoms with Gasteiger partial charge in [-0.3, -0.25) is 0 Å². The highest BCUT2D eigenvalue weighted by atomic mass is 32.1. The number of aromatic nitrogens is 5. The Morgan fingerprint density at radius 1 is 1.23 bits per heavy atom. The second kappa shape index (κ2) is 7.50. The Morgan fingerprint density at radius 2 is 1.97 bits per heavy atom. The number of rotatable bonds is 5. The maximum atomic E-state index is 12.9. The van der Waals surface area contributed by atoms with E-state index in [1.54, 1.807) is 12.3 Å². The highest BCUT2D eigenvalue weighted by Crippen LogP contribution is 2.40. The number of nitrogens with zero attached hydrogens (tertiary/aromatic N) is 6. The van der Waals surface area contributed by atoms with Gasteiger partial charge in [0.2, 0.25) is 11.1 Å². The summed E-state index contributed by atoms with van der Waals surface area (Å²) in [6.07, 6.45) is -2.54. The van der Waals surface area contributed by atoms with E-state index in [4.69, 9.17) is 4.74 Å². The second-order valence-electron chi connectivity index (χ2n) is 8.17. The minimum absolute atomic E-state index is 0.0531. The Hall–Kier alpha value is -2.63. The average molecular weight is 453 g/mol. The maximum absolute atomic E-state index is 12.9. The third kappa shape index (κ3) is 3.88. The Balaban J connectivity index is 1.33. The summed E-state index contributed by atoms with van der Waals surface area (Å²) in [5.74, 6) is 2.07. The minimum Gasteiger partial charge on any atom is -0.477 e. The lowest BCUT2D eigenvalue weighted by Crippen LogP contribution is -2.48. The molecule has 4 heterocycles. The van der Waals surface area contributed by atoms with E-state index in [1.165, 1.54) is 22.1 Å². The molecule has 3 aromatic heterocycles. The first kappa shape index (κ1) is 20.3. The van der Waals surface area contributed by atoms with Crippen LogP contribution in [0.2, 0.25) is 0 Å². The Kier molecular flexibility index (Phi) is 4.91. The van der Waals surface area contributed by atoms with Gasteiger partial charge in [-0.2, -0.15) is 22.5 Å². The average Bonchev–Trinajstić information content (AvgIpc) is 3.38. The van der Waals surface area contributed by atoms with Crippen LogP contribution < -0.4 is 15.0 Å². The summed E-state index contributed by atoms with van der Waals surface area (Å²) in [5.41, 5.74) is 0.259. The van der Waals surface area contributed by atoms with Gasteiger partial charge in [-0.25, -0.2) is 9.50 Å². The molecule has 1 saturated carbocycles. The molecule has 0 amide bonds. The highest BCUT2D eigenvalue weighted by molar-refractivity contribution is 7.09. The van der Waals surface area contributed by atoms with Gasteiger partial charge in [0.05, 0.1) is 0 Å².